The molecule has 2 N–H and O–H groups in total. The van der Waals surface area contributed by atoms with Crippen LogP contribution in [0.15, 0.2) is 76.4 Å². The van der Waals surface area contributed by atoms with Crippen molar-refractivity contribution in [3.63, 3.8) is 0 Å². The Morgan fingerprint density at radius 2 is 1.88 bits per heavy atom. The van der Waals surface area contributed by atoms with Crippen LogP contribution in [0.2, 0.25) is 5.02 Å². The Balaban J connectivity index is 1.50. The Morgan fingerprint density at radius 1 is 1.06 bits per heavy atom. The van der Waals surface area contributed by atoms with E-state index in [4.69, 9.17) is 16.3 Å². The normalized spacial score (nSPS) is 14.5. The number of fused-ring (bicyclic) bond motifs is 3. The summed E-state index contributed by atoms with van der Waals surface area (Å²) in [5.74, 6) is 1.15. The topological polar surface area (TPSA) is 80.2 Å². The molecule has 0 bridgehead atoms. The zero-order chi connectivity index (χ0) is 22.1. The van der Waals surface area contributed by atoms with Crippen LogP contribution < -0.4 is 10.1 Å². The van der Waals surface area contributed by atoms with Crippen molar-refractivity contribution in [2.24, 2.45) is 0 Å². The molecule has 0 saturated heterocycles. The summed E-state index contributed by atoms with van der Waals surface area (Å²) in [6.07, 6.45) is -0.535. The number of benzene rings is 3. The van der Waals surface area contributed by atoms with E-state index in [2.05, 4.69) is 36.4 Å². The van der Waals surface area contributed by atoms with Gasteiger partial charge in [0.1, 0.15) is 5.75 Å². The molecule has 0 radical (unpaired) electrons. The maximum atomic E-state index is 9.87. The number of halogens is 2. The van der Waals surface area contributed by atoms with E-state index >= 15 is 0 Å². The third kappa shape index (κ3) is 4.26. The van der Waals surface area contributed by atoms with E-state index < -0.39 is 6.23 Å². The van der Waals surface area contributed by atoms with Gasteiger partial charge in [-0.2, -0.15) is 4.98 Å². The number of hydrogen-bond donors (Lipinski definition) is 2. The standard InChI is InChI=1S/C23H16BrClN4O2S/c24-16-11-13(9-10-19(16)30)21-26-18-8-4-2-6-15(18)20-22(31-21)27-23(29-28-20)32-12-14-5-1-3-7-17(14)25/h1-11,21,26,30H,12H2. The molecule has 0 fully saturated rings. The number of aromatic nitrogens is 3. The zero-order valence-electron chi connectivity index (χ0n) is 16.5. The van der Waals surface area contributed by atoms with Crippen molar-refractivity contribution < 1.29 is 9.84 Å². The number of rotatable bonds is 4. The van der Waals surface area contributed by atoms with Gasteiger partial charge in [-0.3, -0.25) is 0 Å². The summed E-state index contributed by atoms with van der Waals surface area (Å²) in [6.45, 7) is 0. The second-order valence-corrected chi connectivity index (χ2v) is 9.23. The largest absolute Gasteiger partial charge is 0.507 e. The highest BCUT2D eigenvalue weighted by Crippen LogP contribution is 2.40. The molecule has 1 aliphatic rings. The Hall–Kier alpha value is -2.81. The lowest BCUT2D eigenvalue weighted by Crippen LogP contribution is -2.17. The summed E-state index contributed by atoms with van der Waals surface area (Å²) in [5, 5.41) is 23.2. The van der Waals surface area contributed by atoms with Crippen LogP contribution in [0.25, 0.3) is 11.3 Å². The lowest BCUT2D eigenvalue weighted by Gasteiger charge is -2.19. The molecule has 9 heteroatoms. The van der Waals surface area contributed by atoms with Crippen LogP contribution in [0, 0.1) is 0 Å². The van der Waals surface area contributed by atoms with Gasteiger partial charge in [-0.15, -0.1) is 10.2 Å². The second-order valence-electron chi connectivity index (χ2n) is 7.03. The fourth-order valence-electron chi connectivity index (χ4n) is 3.30. The van der Waals surface area contributed by atoms with Crippen LogP contribution in [0.3, 0.4) is 0 Å². The highest BCUT2D eigenvalue weighted by atomic mass is 79.9. The molecule has 2 heterocycles. The molecule has 0 saturated carbocycles. The molecule has 6 nitrogen and oxygen atoms in total. The van der Waals surface area contributed by atoms with E-state index in [1.165, 1.54) is 11.8 Å². The van der Waals surface area contributed by atoms with Gasteiger partial charge in [-0.05, 0) is 51.8 Å². The Labute approximate surface area is 202 Å². The number of hydrogen-bond acceptors (Lipinski definition) is 7. The lowest BCUT2D eigenvalue weighted by molar-refractivity contribution is 0.225. The third-order valence-electron chi connectivity index (χ3n) is 4.92. The molecule has 160 valence electrons. The van der Waals surface area contributed by atoms with Crippen LogP contribution in [-0.4, -0.2) is 20.3 Å². The number of anilines is 1. The second kappa shape index (κ2) is 8.97. The fraction of sp³-hybridized carbons (Fsp3) is 0.0870. The minimum atomic E-state index is -0.535. The molecule has 0 aliphatic carbocycles. The molecule has 4 aromatic rings. The number of nitrogens with zero attached hydrogens (tertiary/aromatic N) is 3. The summed E-state index contributed by atoms with van der Waals surface area (Å²) in [6, 6.07) is 20.7. The molecule has 0 spiro atoms. The number of thioether (sulfide) groups is 1. The average Bonchev–Trinajstić information content (AvgIpc) is 2.97. The minimum Gasteiger partial charge on any atom is -0.507 e. The maximum absolute atomic E-state index is 9.87. The van der Waals surface area contributed by atoms with Crippen molar-refractivity contribution in [1.29, 1.82) is 0 Å². The number of phenolic OH excluding ortho intramolecular Hbond substituents is 1. The predicted molar refractivity (Wildman–Crippen MR) is 129 cm³/mol. The minimum absolute atomic E-state index is 0.158. The number of para-hydroxylation sites is 1. The predicted octanol–water partition coefficient (Wildman–Crippen LogP) is 6.46. The van der Waals surface area contributed by atoms with Gasteiger partial charge in [0.2, 0.25) is 11.0 Å². The summed E-state index contributed by atoms with van der Waals surface area (Å²) in [5.41, 5.74) is 4.09. The van der Waals surface area contributed by atoms with E-state index in [9.17, 15) is 5.11 Å². The quantitative estimate of drug-likeness (QED) is 0.295. The van der Waals surface area contributed by atoms with Gasteiger partial charge in [-0.1, -0.05) is 59.8 Å². The molecule has 1 aromatic heterocycles. The first-order valence-electron chi connectivity index (χ1n) is 9.70. The molecular formula is C23H16BrClN4O2S. The molecule has 32 heavy (non-hydrogen) atoms. The highest BCUT2D eigenvalue weighted by molar-refractivity contribution is 9.10. The first-order chi connectivity index (χ1) is 15.6. The summed E-state index contributed by atoms with van der Waals surface area (Å²) in [4.78, 5) is 4.66. The van der Waals surface area contributed by atoms with Crippen molar-refractivity contribution in [3.8, 4) is 22.9 Å². The van der Waals surface area contributed by atoms with Crippen LogP contribution in [-0.2, 0) is 5.75 Å². The lowest BCUT2D eigenvalue weighted by atomic mass is 10.1. The average molecular weight is 528 g/mol. The molecule has 3 aromatic carbocycles. The Morgan fingerprint density at radius 3 is 2.72 bits per heavy atom. The van der Waals surface area contributed by atoms with Crippen molar-refractivity contribution in [1.82, 2.24) is 15.2 Å². The smallest absolute Gasteiger partial charge is 0.247 e. The number of ether oxygens (including phenoxy) is 1. The van der Waals surface area contributed by atoms with Crippen molar-refractivity contribution in [2.75, 3.05) is 5.32 Å². The SMILES string of the molecule is Oc1ccc(C2Nc3ccccc3-c3nnc(SCc4ccccc4Cl)nc3O2)cc1Br. The van der Waals surface area contributed by atoms with E-state index in [0.29, 0.717) is 32.0 Å². The molecule has 1 atom stereocenters. The Bertz CT molecular complexity index is 1310. The van der Waals surface area contributed by atoms with Gasteiger partial charge in [0.25, 0.3) is 0 Å². The van der Waals surface area contributed by atoms with E-state index in [-0.39, 0.29) is 5.75 Å². The van der Waals surface area contributed by atoms with Crippen molar-refractivity contribution >= 4 is 45.0 Å². The van der Waals surface area contributed by atoms with Gasteiger partial charge in [0.15, 0.2) is 11.9 Å². The van der Waals surface area contributed by atoms with Crippen LogP contribution >= 0.6 is 39.3 Å². The number of nitrogens with one attached hydrogen (secondary N) is 1. The van der Waals surface area contributed by atoms with E-state index in [1.807, 2.05) is 54.6 Å². The van der Waals surface area contributed by atoms with Gasteiger partial charge < -0.3 is 15.2 Å². The van der Waals surface area contributed by atoms with Crippen molar-refractivity contribution in [2.45, 2.75) is 17.1 Å². The summed E-state index contributed by atoms with van der Waals surface area (Å²) in [7, 11) is 0. The van der Waals surface area contributed by atoms with Gasteiger partial charge in [0.05, 0.1) is 4.47 Å². The molecule has 1 unspecified atom stereocenters. The fourth-order valence-corrected chi connectivity index (χ4v) is 4.76. The number of aromatic hydroxyl groups is 1. The number of phenols is 1. The van der Waals surface area contributed by atoms with Crippen LogP contribution in [0.5, 0.6) is 11.6 Å². The first-order valence-corrected chi connectivity index (χ1v) is 11.9. The molecule has 0 amide bonds. The summed E-state index contributed by atoms with van der Waals surface area (Å²) >= 11 is 11.1. The monoisotopic (exact) mass is 526 g/mol. The molecule has 5 rings (SSSR count). The molecule has 1 aliphatic heterocycles. The van der Waals surface area contributed by atoms with Crippen molar-refractivity contribution in [3.05, 3.63) is 87.4 Å². The first kappa shape index (κ1) is 21.1. The van der Waals surface area contributed by atoms with Gasteiger partial charge >= 0.3 is 0 Å². The summed E-state index contributed by atoms with van der Waals surface area (Å²) < 4.78 is 6.85. The van der Waals surface area contributed by atoms with E-state index in [0.717, 1.165) is 22.4 Å². The Kier molecular flexibility index (Phi) is 5.91. The highest BCUT2D eigenvalue weighted by Gasteiger charge is 2.26. The maximum Gasteiger partial charge on any atom is 0.247 e. The van der Waals surface area contributed by atoms with Gasteiger partial charge in [-0.25, -0.2) is 0 Å². The van der Waals surface area contributed by atoms with Gasteiger partial charge in [0, 0.05) is 27.6 Å². The van der Waals surface area contributed by atoms with Crippen LogP contribution in [0.4, 0.5) is 5.69 Å². The van der Waals surface area contributed by atoms with Crippen LogP contribution in [0.1, 0.15) is 17.4 Å². The van der Waals surface area contributed by atoms with E-state index in [1.54, 1.807) is 12.1 Å². The molecular weight excluding hydrogens is 512 g/mol. The zero-order valence-corrected chi connectivity index (χ0v) is 19.7. The third-order valence-corrected chi connectivity index (χ3v) is 6.81.